The summed E-state index contributed by atoms with van der Waals surface area (Å²) >= 11 is 0. The van der Waals surface area contributed by atoms with E-state index in [2.05, 4.69) is 0 Å². The molecule has 0 bridgehead atoms. The number of hydrogen-bond donors (Lipinski definition) is 0. The highest BCUT2D eigenvalue weighted by Crippen LogP contribution is 2.34. The van der Waals surface area contributed by atoms with Crippen molar-refractivity contribution >= 4 is 21.6 Å². The summed E-state index contributed by atoms with van der Waals surface area (Å²) in [6.07, 6.45) is -0.183. The minimum absolute atomic E-state index is 0.0693. The number of sulfone groups is 1. The predicted molar refractivity (Wildman–Crippen MR) is 86.1 cm³/mol. The van der Waals surface area contributed by atoms with Gasteiger partial charge in [0.05, 0.1) is 44.1 Å². The summed E-state index contributed by atoms with van der Waals surface area (Å²) in [7, 11) is -0.116. The van der Waals surface area contributed by atoms with Crippen molar-refractivity contribution < 1.29 is 27.4 Å². The van der Waals surface area contributed by atoms with E-state index in [1.165, 1.54) is 19.1 Å². The van der Waals surface area contributed by atoms with E-state index in [0.29, 0.717) is 23.6 Å². The molecular weight excluding hydrogens is 322 g/mol. The molecule has 1 atom stereocenters. The number of hydrogen-bond acceptors (Lipinski definition) is 6. The second kappa shape index (κ2) is 7.08. The normalized spacial score (nSPS) is 19.2. The largest absolute Gasteiger partial charge is 0.493 e. The lowest BCUT2D eigenvalue weighted by molar-refractivity contribution is 0.157. The van der Waals surface area contributed by atoms with E-state index in [4.69, 9.17) is 14.2 Å². The monoisotopic (exact) mass is 343 g/mol. The molecule has 7 nitrogen and oxygen atoms in total. The van der Waals surface area contributed by atoms with Crippen molar-refractivity contribution in [1.29, 1.82) is 0 Å². The standard InChI is InChI=1S/C15H21NO6S/c1-4-22-15(17)16(12-7-8-23(18,19)10-12)11-5-6-13(20-2)14(9-11)21-3/h5-6,9,12H,4,7-8,10H2,1-3H3. The minimum Gasteiger partial charge on any atom is -0.493 e. The second-order valence-electron chi connectivity index (χ2n) is 5.17. The van der Waals surface area contributed by atoms with E-state index >= 15 is 0 Å². The van der Waals surface area contributed by atoms with Gasteiger partial charge in [0.15, 0.2) is 21.3 Å². The van der Waals surface area contributed by atoms with E-state index in [-0.39, 0.29) is 18.1 Å². The maximum Gasteiger partial charge on any atom is 0.414 e. The molecule has 0 N–H and O–H groups in total. The second-order valence-corrected chi connectivity index (χ2v) is 7.39. The third kappa shape index (κ3) is 3.87. The zero-order valence-corrected chi connectivity index (χ0v) is 14.3. The van der Waals surface area contributed by atoms with Crippen LogP contribution < -0.4 is 14.4 Å². The predicted octanol–water partition coefficient (Wildman–Crippen LogP) is 1.85. The molecule has 128 valence electrons. The molecule has 8 heteroatoms. The van der Waals surface area contributed by atoms with Crippen molar-refractivity contribution in [3.05, 3.63) is 18.2 Å². The van der Waals surface area contributed by atoms with Gasteiger partial charge in [0.25, 0.3) is 0 Å². The number of anilines is 1. The third-order valence-corrected chi connectivity index (χ3v) is 5.43. The molecule has 0 saturated carbocycles. The van der Waals surface area contributed by atoms with Crippen LogP contribution in [0.3, 0.4) is 0 Å². The highest BCUT2D eigenvalue weighted by atomic mass is 32.2. The average Bonchev–Trinajstić information content (AvgIpc) is 2.87. The van der Waals surface area contributed by atoms with Gasteiger partial charge in [0, 0.05) is 6.07 Å². The van der Waals surface area contributed by atoms with Crippen LogP contribution >= 0.6 is 0 Å². The van der Waals surface area contributed by atoms with Gasteiger partial charge in [0.2, 0.25) is 0 Å². The summed E-state index contributed by atoms with van der Waals surface area (Å²) < 4.78 is 39.0. The van der Waals surface area contributed by atoms with Crippen molar-refractivity contribution in [1.82, 2.24) is 0 Å². The Hall–Kier alpha value is -1.96. The Kier molecular flexibility index (Phi) is 5.35. The van der Waals surface area contributed by atoms with Crippen LogP contribution in [-0.2, 0) is 14.6 Å². The molecule has 1 saturated heterocycles. The van der Waals surface area contributed by atoms with Gasteiger partial charge in [0.1, 0.15) is 0 Å². The van der Waals surface area contributed by atoms with Gasteiger partial charge in [-0.05, 0) is 25.5 Å². The lowest BCUT2D eigenvalue weighted by Crippen LogP contribution is -2.41. The number of carbonyl (C=O) groups excluding carboxylic acids is 1. The van der Waals surface area contributed by atoms with Gasteiger partial charge >= 0.3 is 6.09 Å². The fraction of sp³-hybridized carbons (Fsp3) is 0.533. The summed E-state index contributed by atoms with van der Waals surface area (Å²) in [5, 5.41) is 0. The number of rotatable bonds is 5. The SMILES string of the molecule is CCOC(=O)N(c1ccc(OC)c(OC)c1)C1CCS(=O)(=O)C1. The number of methoxy groups -OCH3 is 2. The molecule has 0 aliphatic carbocycles. The molecule has 1 heterocycles. The third-order valence-electron chi connectivity index (χ3n) is 3.68. The highest BCUT2D eigenvalue weighted by molar-refractivity contribution is 7.91. The van der Waals surface area contributed by atoms with Gasteiger partial charge in [-0.25, -0.2) is 13.2 Å². The van der Waals surface area contributed by atoms with E-state index in [1.54, 1.807) is 25.1 Å². The van der Waals surface area contributed by atoms with Gasteiger partial charge < -0.3 is 14.2 Å². The number of benzene rings is 1. The summed E-state index contributed by atoms with van der Waals surface area (Å²) in [6.45, 7) is 1.91. The number of carbonyl (C=O) groups is 1. The molecule has 1 fully saturated rings. The molecule has 0 radical (unpaired) electrons. The Morgan fingerprint density at radius 3 is 2.48 bits per heavy atom. The zero-order chi connectivity index (χ0) is 17.0. The lowest BCUT2D eigenvalue weighted by Gasteiger charge is -2.27. The van der Waals surface area contributed by atoms with Gasteiger partial charge in [-0.3, -0.25) is 4.90 Å². The van der Waals surface area contributed by atoms with Crippen LogP contribution in [0.15, 0.2) is 18.2 Å². The van der Waals surface area contributed by atoms with Crippen LogP contribution in [0.2, 0.25) is 0 Å². The first-order valence-electron chi connectivity index (χ1n) is 7.30. The van der Waals surface area contributed by atoms with Crippen molar-refractivity contribution in [2.45, 2.75) is 19.4 Å². The summed E-state index contributed by atoms with van der Waals surface area (Å²) in [4.78, 5) is 13.7. The van der Waals surface area contributed by atoms with E-state index in [1.807, 2.05) is 0 Å². The quantitative estimate of drug-likeness (QED) is 0.811. The lowest BCUT2D eigenvalue weighted by atomic mass is 10.2. The fourth-order valence-corrected chi connectivity index (χ4v) is 4.31. The van der Waals surface area contributed by atoms with E-state index < -0.39 is 22.0 Å². The van der Waals surface area contributed by atoms with E-state index in [9.17, 15) is 13.2 Å². The van der Waals surface area contributed by atoms with Crippen LogP contribution in [-0.4, -0.2) is 52.9 Å². The first-order chi connectivity index (χ1) is 10.9. The fourth-order valence-electron chi connectivity index (χ4n) is 2.61. The summed E-state index contributed by atoms with van der Waals surface area (Å²) in [6, 6.07) is 4.55. The topological polar surface area (TPSA) is 82.1 Å². The van der Waals surface area contributed by atoms with Gasteiger partial charge in [-0.1, -0.05) is 0 Å². The van der Waals surface area contributed by atoms with Gasteiger partial charge in [-0.2, -0.15) is 0 Å². The number of ether oxygens (including phenoxy) is 3. The Morgan fingerprint density at radius 1 is 1.26 bits per heavy atom. The highest BCUT2D eigenvalue weighted by Gasteiger charge is 2.36. The van der Waals surface area contributed by atoms with Gasteiger partial charge in [-0.15, -0.1) is 0 Å². The molecule has 1 aliphatic heterocycles. The average molecular weight is 343 g/mol. The molecule has 0 spiro atoms. The van der Waals surface area contributed by atoms with Crippen molar-refractivity contribution in [2.75, 3.05) is 37.2 Å². The van der Waals surface area contributed by atoms with Crippen molar-refractivity contribution in [2.24, 2.45) is 0 Å². The summed E-state index contributed by atoms with van der Waals surface area (Å²) in [5.74, 6) is 0.986. The van der Waals surface area contributed by atoms with Crippen LogP contribution in [0, 0.1) is 0 Å². The Balaban J connectivity index is 2.39. The maximum atomic E-state index is 12.3. The molecule has 0 aromatic heterocycles. The molecule has 1 aromatic carbocycles. The number of amides is 1. The Labute approximate surface area is 136 Å². The maximum absolute atomic E-state index is 12.3. The zero-order valence-electron chi connectivity index (χ0n) is 13.4. The Morgan fingerprint density at radius 2 is 1.96 bits per heavy atom. The Bertz CT molecular complexity index is 673. The van der Waals surface area contributed by atoms with Crippen molar-refractivity contribution in [3.63, 3.8) is 0 Å². The molecule has 1 unspecified atom stereocenters. The summed E-state index contributed by atoms with van der Waals surface area (Å²) in [5.41, 5.74) is 0.517. The number of nitrogens with zero attached hydrogens (tertiary/aromatic N) is 1. The molecular formula is C15H21NO6S. The first-order valence-corrected chi connectivity index (χ1v) is 9.12. The molecule has 1 amide bonds. The van der Waals surface area contributed by atoms with Crippen LogP contribution in [0.1, 0.15) is 13.3 Å². The smallest absolute Gasteiger partial charge is 0.414 e. The van der Waals surface area contributed by atoms with Crippen molar-refractivity contribution in [3.8, 4) is 11.5 Å². The van der Waals surface area contributed by atoms with Crippen LogP contribution in [0.25, 0.3) is 0 Å². The molecule has 1 aromatic rings. The van der Waals surface area contributed by atoms with Crippen LogP contribution in [0.4, 0.5) is 10.5 Å². The van der Waals surface area contributed by atoms with E-state index in [0.717, 1.165) is 0 Å². The van der Waals surface area contributed by atoms with Crippen LogP contribution in [0.5, 0.6) is 11.5 Å². The first kappa shape index (κ1) is 17.4. The molecule has 1 aliphatic rings. The molecule has 23 heavy (non-hydrogen) atoms. The minimum atomic E-state index is -3.13. The molecule has 2 rings (SSSR count).